The van der Waals surface area contributed by atoms with E-state index in [9.17, 15) is 14.7 Å². The van der Waals surface area contributed by atoms with Gasteiger partial charge in [-0.15, -0.1) is 0 Å². The van der Waals surface area contributed by atoms with Gasteiger partial charge in [-0.3, -0.25) is 14.3 Å². The van der Waals surface area contributed by atoms with Crippen molar-refractivity contribution in [1.29, 1.82) is 0 Å². The number of rotatable bonds is 11. The first-order valence-corrected chi connectivity index (χ1v) is 10.4. The molecule has 1 heterocycles. The van der Waals surface area contributed by atoms with Gasteiger partial charge in [-0.25, -0.2) is 0 Å². The van der Waals surface area contributed by atoms with Gasteiger partial charge in [0.25, 0.3) is 0 Å². The third-order valence-electron chi connectivity index (χ3n) is 5.35. The summed E-state index contributed by atoms with van der Waals surface area (Å²) in [5.41, 5.74) is 3.28. The number of phenols is 1. The smallest absolute Gasteiger partial charge is 0.317 e. The molecule has 0 unspecified atom stereocenters. The molecule has 0 saturated heterocycles. The van der Waals surface area contributed by atoms with E-state index in [1.807, 2.05) is 12.1 Å². The third kappa shape index (κ3) is 4.03. The van der Waals surface area contributed by atoms with Gasteiger partial charge in [-0.05, 0) is 18.2 Å². The molecule has 0 aliphatic heterocycles. The first-order chi connectivity index (χ1) is 15.5. The van der Waals surface area contributed by atoms with Gasteiger partial charge in [-0.2, -0.15) is 5.10 Å². The highest BCUT2D eigenvalue weighted by atomic mass is 16.4. The number of carboxylic acids is 1. The van der Waals surface area contributed by atoms with Crippen molar-refractivity contribution in [3.63, 3.8) is 0 Å². The molecule has 168 valence electrons. The zero-order valence-electron chi connectivity index (χ0n) is 17.4. The molecule has 1 aliphatic rings. The number of phenolic OH excluding ortho intramolecular Hbond substituents is 1. The van der Waals surface area contributed by atoms with E-state index in [0.29, 0.717) is 60.6 Å². The molecular weight excluding hydrogens is 414 g/mol. The molecule has 6 N–H and O–H groups in total. The average molecular weight is 439 g/mol. The third-order valence-corrected chi connectivity index (χ3v) is 5.35. The molecule has 10 nitrogen and oxygen atoms in total. The molecule has 0 radical (unpaired) electrons. The number of anilines is 1. The van der Waals surface area contributed by atoms with Crippen molar-refractivity contribution < 1.29 is 24.9 Å². The number of aliphatic hydroxyl groups excluding tert-OH is 1. The van der Waals surface area contributed by atoms with E-state index in [1.165, 1.54) is 6.07 Å². The Balaban J connectivity index is 1.74. The number of aromatic hydroxyl groups is 1. The Hall–Kier alpha value is -3.47. The Kier molecular flexibility index (Phi) is 6.35. The SMILES string of the molecule is O=C(O)CNCCn1nc2c3c(c(NCCNCCO)ccc31)C(=O)c1c(O)cccc1-2. The van der Waals surface area contributed by atoms with Crippen molar-refractivity contribution >= 4 is 28.3 Å². The van der Waals surface area contributed by atoms with Crippen molar-refractivity contribution in [3.8, 4) is 17.0 Å². The fraction of sp³-hybridized carbons (Fsp3) is 0.318. The minimum Gasteiger partial charge on any atom is -0.507 e. The highest BCUT2D eigenvalue weighted by molar-refractivity contribution is 6.28. The lowest BCUT2D eigenvalue weighted by Crippen LogP contribution is -2.26. The molecule has 3 aromatic rings. The number of hydrogen-bond acceptors (Lipinski definition) is 8. The number of carbonyl (C=O) groups is 2. The zero-order chi connectivity index (χ0) is 22.7. The van der Waals surface area contributed by atoms with Crippen LogP contribution in [0.25, 0.3) is 22.2 Å². The second-order valence-corrected chi connectivity index (χ2v) is 7.45. The quantitative estimate of drug-likeness (QED) is 0.185. The van der Waals surface area contributed by atoms with Crippen LogP contribution < -0.4 is 16.0 Å². The summed E-state index contributed by atoms with van der Waals surface area (Å²) in [5, 5.41) is 42.7. The summed E-state index contributed by atoms with van der Waals surface area (Å²) in [6.45, 7) is 2.36. The summed E-state index contributed by atoms with van der Waals surface area (Å²) in [6.07, 6.45) is 0. The maximum atomic E-state index is 13.5. The Morgan fingerprint density at radius 2 is 1.88 bits per heavy atom. The molecule has 2 aromatic carbocycles. The largest absolute Gasteiger partial charge is 0.507 e. The van der Waals surface area contributed by atoms with Crippen molar-refractivity contribution in [2.24, 2.45) is 0 Å². The van der Waals surface area contributed by atoms with Gasteiger partial charge in [0, 0.05) is 42.8 Å². The molecule has 1 aromatic heterocycles. The lowest BCUT2D eigenvalue weighted by atomic mass is 9.86. The summed E-state index contributed by atoms with van der Waals surface area (Å²) in [6, 6.07) is 8.64. The van der Waals surface area contributed by atoms with Crippen LogP contribution >= 0.6 is 0 Å². The number of hydrogen-bond donors (Lipinski definition) is 6. The monoisotopic (exact) mass is 439 g/mol. The summed E-state index contributed by atoms with van der Waals surface area (Å²) >= 11 is 0. The Morgan fingerprint density at radius 3 is 2.66 bits per heavy atom. The molecule has 1 aliphatic carbocycles. The standard InChI is InChI=1S/C22H25N5O5/c28-11-9-23-6-7-25-14-4-5-15-20-19(14)22(32)18-13(2-1-3-16(18)29)21(20)26-27(15)10-8-24-12-17(30)31/h1-5,23-25,28-29H,6-12H2,(H,30,31). The van der Waals surface area contributed by atoms with Gasteiger partial charge >= 0.3 is 5.97 Å². The zero-order valence-corrected chi connectivity index (χ0v) is 17.4. The number of aliphatic carboxylic acids is 1. The van der Waals surface area contributed by atoms with Crippen LogP contribution in [0.4, 0.5) is 5.69 Å². The van der Waals surface area contributed by atoms with Gasteiger partial charge in [0.05, 0.1) is 36.3 Å². The minimum atomic E-state index is -0.935. The maximum absolute atomic E-state index is 13.5. The number of carboxylic acid groups (broad SMARTS) is 1. The van der Waals surface area contributed by atoms with Crippen LogP contribution in [0.1, 0.15) is 15.9 Å². The summed E-state index contributed by atoms with van der Waals surface area (Å²) in [7, 11) is 0. The number of aliphatic hydroxyl groups is 1. The normalized spacial score (nSPS) is 12.2. The van der Waals surface area contributed by atoms with E-state index >= 15 is 0 Å². The van der Waals surface area contributed by atoms with Crippen LogP contribution in [0, 0.1) is 0 Å². The van der Waals surface area contributed by atoms with Gasteiger partial charge in [0.1, 0.15) is 11.4 Å². The lowest BCUT2D eigenvalue weighted by Gasteiger charge is -2.19. The predicted molar refractivity (Wildman–Crippen MR) is 119 cm³/mol. The van der Waals surface area contributed by atoms with Gasteiger partial charge in [-0.1, -0.05) is 12.1 Å². The van der Waals surface area contributed by atoms with E-state index in [4.69, 9.17) is 15.3 Å². The van der Waals surface area contributed by atoms with Crippen LogP contribution in [-0.4, -0.2) is 76.2 Å². The van der Waals surface area contributed by atoms with E-state index in [2.05, 4.69) is 16.0 Å². The number of benzene rings is 2. The van der Waals surface area contributed by atoms with Gasteiger partial charge in [0.15, 0.2) is 5.78 Å². The van der Waals surface area contributed by atoms with E-state index in [0.717, 1.165) is 5.52 Å². The summed E-state index contributed by atoms with van der Waals surface area (Å²) in [4.78, 5) is 24.2. The molecule has 32 heavy (non-hydrogen) atoms. The first kappa shape index (κ1) is 21.8. The predicted octanol–water partition coefficient (Wildman–Crippen LogP) is 0.621. The second kappa shape index (κ2) is 9.35. The minimum absolute atomic E-state index is 0.0512. The Labute approximate surface area is 183 Å². The highest BCUT2D eigenvalue weighted by Gasteiger charge is 2.33. The molecule has 4 rings (SSSR count). The number of nitrogens with zero attached hydrogens (tertiary/aromatic N) is 2. The van der Waals surface area contributed by atoms with Crippen molar-refractivity contribution in [2.45, 2.75) is 6.54 Å². The molecule has 0 bridgehead atoms. The fourth-order valence-corrected chi connectivity index (χ4v) is 3.98. The molecule has 0 fully saturated rings. The van der Waals surface area contributed by atoms with E-state index in [1.54, 1.807) is 16.8 Å². The highest BCUT2D eigenvalue weighted by Crippen LogP contribution is 2.44. The second-order valence-electron chi connectivity index (χ2n) is 7.45. The number of carbonyl (C=O) groups excluding carboxylic acids is 1. The molecule has 0 amide bonds. The van der Waals surface area contributed by atoms with Gasteiger partial charge < -0.3 is 31.3 Å². The number of fused-ring (bicyclic) bond motifs is 2. The lowest BCUT2D eigenvalue weighted by molar-refractivity contribution is -0.135. The van der Waals surface area contributed by atoms with Crippen molar-refractivity contribution in [3.05, 3.63) is 41.5 Å². The van der Waals surface area contributed by atoms with Gasteiger partial charge in [0.2, 0.25) is 0 Å². The molecule has 0 atom stereocenters. The maximum Gasteiger partial charge on any atom is 0.317 e. The number of ketones is 1. The molecule has 10 heteroatoms. The molecule has 0 saturated carbocycles. The van der Waals surface area contributed by atoms with Crippen molar-refractivity contribution in [1.82, 2.24) is 20.4 Å². The molecular formula is C22H25N5O5. The average Bonchev–Trinajstić information content (AvgIpc) is 3.14. The van der Waals surface area contributed by atoms with E-state index in [-0.39, 0.29) is 30.2 Å². The van der Waals surface area contributed by atoms with Crippen LogP contribution in [-0.2, 0) is 11.3 Å². The fourth-order valence-electron chi connectivity index (χ4n) is 3.98. The van der Waals surface area contributed by atoms with Crippen LogP contribution in [0.15, 0.2) is 30.3 Å². The van der Waals surface area contributed by atoms with Crippen LogP contribution in [0.5, 0.6) is 5.75 Å². The topological polar surface area (TPSA) is 149 Å². The summed E-state index contributed by atoms with van der Waals surface area (Å²) < 4.78 is 1.75. The number of nitrogens with one attached hydrogen (secondary N) is 3. The molecule has 0 spiro atoms. The van der Waals surface area contributed by atoms with Crippen LogP contribution in [0.3, 0.4) is 0 Å². The number of aromatic nitrogens is 2. The van der Waals surface area contributed by atoms with Crippen LogP contribution in [0.2, 0.25) is 0 Å². The van der Waals surface area contributed by atoms with E-state index < -0.39 is 5.97 Å². The summed E-state index contributed by atoms with van der Waals surface area (Å²) in [5.74, 6) is -1.30. The Morgan fingerprint density at radius 1 is 1.03 bits per heavy atom. The first-order valence-electron chi connectivity index (χ1n) is 10.4. The van der Waals surface area contributed by atoms with Crippen molar-refractivity contribution in [2.75, 3.05) is 44.6 Å². The Bertz CT molecular complexity index is 1170.